The molecule has 0 spiro atoms. The van der Waals surface area contributed by atoms with Crippen LogP contribution in [0.2, 0.25) is 0 Å². The maximum atomic E-state index is 12.3. The average Bonchev–Trinajstić information content (AvgIpc) is 2.24. The molecule has 0 unspecified atom stereocenters. The minimum absolute atomic E-state index is 0.208. The molecule has 0 fully saturated rings. The minimum Gasteiger partial charge on any atom is -0.397 e. The summed E-state index contributed by atoms with van der Waals surface area (Å²) in [6.45, 7) is 4.26. The number of nitrogens with two attached hydrogens (primary N) is 2. The van der Waals surface area contributed by atoms with Crippen LogP contribution in [0.3, 0.4) is 0 Å². The van der Waals surface area contributed by atoms with Crippen LogP contribution in [-0.2, 0) is 19.8 Å². The monoisotopic (exact) mass is 258 g/mol. The molecule has 6 heteroatoms. The zero-order valence-electron chi connectivity index (χ0n) is 10.2. The summed E-state index contributed by atoms with van der Waals surface area (Å²) in [5.41, 5.74) is 13.1. The maximum Gasteiger partial charge on any atom is 0.335 e. The zero-order chi connectivity index (χ0) is 12.9. The summed E-state index contributed by atoms with van der Waals surface area (Å²) in [7, 11) is -3.07. The predicted molar refractivity (Wildman–Crippen MR) is 69.8 cm³/mol. The number of anilines is 2. The highest BCUT2D eigenvalue weighted by Crippen LogP contribution is 2.51. The van der Waals surface area contributed by atoms with Gasteiger partial charge in [-0.1, -0.05) is 6.07 Å². The summed E-state index contributed by atoms with van der Waals surface area (Å²) >= 11 is 0. The van der Waals surface area contributed by atoms with E-state index >= 15 is 0 Å². The van der Waals surface area contributed by atoms with Crippen LogP contribution in [0.5, 0.6) is 0 Å². The SMILES string of the molecule is CCOP(=O)(Cc1ccc(N)c(N)c1)OCC. The molecule has 0 radical (unpaired) electrons. The van der Waals surface area contributed by atoms with Gasteiger partial charge in [0.05, 0.1) is 30.8 Å². The van der Waals surface area contributed by atoms with Crippen molar-refractivity contribution < 1.29 is 13.6 Å². The lowest BCUT2D eigenvalue weighted by Gasteiger charge is -2.17. The van der Waals surface area contributed by atoms with Crippen LogP contribution in [-0.4, -0.2) is 13.2 Å². The molecule has 0 saturated heterocycles. The van der Waals surface area contributed by atoms with Crippen molar-refractivity contribution >= 4 is 19.0 Å². The molecule has 1 rings (SSSR count). The Hall–Kier alpha value is -1.03. The molecule has 0 aromatic heterocycles. The molecule has 0 amide bonds. The number of rotatable bonds is 6. The predicted octanol–water partition coefficient (Wildman–Crippen LogP) is 2.62. The molecule has 0 aliphatic heterocycles. The molecule has 0 bridgehead atoms. The molecular weight excluding hydrogens is 239 g/mol. The van der Waals surface area contributed by atoms with E-state index in [1.165, 1.54) is 0 Å². The molecule has 1 aromatic rings. The highest BCUT2D eigenvalue weighted by molar-refractivity contribution is 7.53. The quantitative estimate of drug-likeness (QED) is 0.605. The van der Waals surface area contributed by atoms with Crippen molar-refractivity contribution in [3.05, 3.63) is 23.8 Å². The normalized spacial score (nSPS) is 11.6. The zero-order valence-corrected chi connectivity index (χ0v) is 11.1. The molecule has 0 aliphatic carbocycles. The van der Waals surface area contributed by atoms with Crippen molar-refractivity contribution in [2.45, 2.75) is 20.0 Å². The summed E-state index contributed by atoms with van der Waals surface area (Å²) in [5, 5.41) is 0. The van der Waals surface area contributed by atoms with Crippen LogP contribution in [0.1, 0.15) is 19.4 Å². The van der Waals surface area contributed by atoms with Crippen molar-refractivity contribution in [3.8, 4) is 0 Å². The highest BCUT2D eigenvalue weighted by Gasteiger charge is 2.24. The molecular formula is C11H19N2O3P. The fourth-order valence-electron chi connectivity index (χ4n) is 1.47. The van der Waals surface area contributed by atoms with E-state index < -0.39 is 7.60 Å². The second-order valence-corrected chi connectivity index (χ2v) is 5.62. The van der Waals surface area contributed by atoms with E-state index in [-0.39, 0.29) is 6.16 Å². The van der Waals surface area contributed by atoms with E-state index in [0.717, 1.165) is 5.56 Å². The Bertz CT molecular complexity index is 413. The van der Waals surface area contributed by atoms with E-state index in [2.05, 4.69) is 0 Å². The van der Waals surface area contributed by atoms with Crippen molar-refractivity contribution in [3.63, 3.8) is 0 Å². The number of hydrogen-bond donors (Lipinski definition) is 2. The smallest absolute Gasteiger partial charge is 0.335 e. The largest absolute Gasteiger partial charge is 0.397 e. The van der Waals surface area contributed by atoms with Gasteiger partial charge in [-0.15, -0.1) is 0 Å². The van der Waals surface area contributed by atoms with Gasteiger partial charge >= 0.3 is 7.60 Å². The van der Waals surface area contributed by atoms with Crippen molar-refractivity contribution in [2.24, 2.45) is 0 Å². The van der Waals surface area contributed by atoms with Gasteiger partial charge in [-0.25, -0.2) is 0 Å². The topological polar surface area (TPSA) is 87.6 Å². The second-order valence-electron chi connectivity index (χ2n) is 3.57. The third kappa shape index (κ3) is 4.04. The van der Waals surface area contributed by atoms with Crippen molar-refractivity contribution in [1.82, 2.24) is 0 Å². The van der Waals surface area contributed by atoms with Gasteiger partial charge < -0.3 is 20.5 Å². The molecule has 0 aliphatic rings. The second kappa shape index (κ2) is 6.05. The standard InChI is InChI=1S/C11H19N2O3P/c1-3-15-17(14,16-4-2)8-9-5-6-10(12)11(13)7-9/h5-7H,3-4,8,12-13H2,1-2H3. The summed E-state index contributed by atoms with van der Waals surface area (Å²) in [6.07, 6.45) is 0.208. The van der Waals surface area contributed by atoms with Crippen LogP contribution in [0.15, 0.2) is 18.2 Å². The van der Waals surface area contributed by atoms with Gasteiger partial charge in [0, 0.05) is 0 Å². The average molecular weight is 258 g/mol. The Labute approximate surface area is 102 Å². The van der Waals surface area contributed by atoms with Gasteiger partial charge in [-0.2, -0.15) is 0 Å². The molecule has 0 atom stereocenters. The van der Waals surface area contributed by atoms with Crippen LogP contribution in [0, 0.1) is 0 Å². The number of hydrogen-bond acceptors (Lipinski definition) is 5. The Kier molecular flexibility index (Phi) is 5.00. The first-order valence-electron chi connectivity index (χ1n) is 5.52. The lowest BCUT2D eigenvalue weighted by atomic mass is 10.2. The summed E-state index contributed by atoms with van der Waals surface area (Å²) in [4.78, 5) is 0. The fourth-order valence-corrected chi connectivity index (χ4v) is 3.16. The Morgan fingerprint density at radius 2 is 1.71 bits per heavy atom. The first-order chi connectivity index (χ1) is 8.00. The molecule has 4 N–H and O–H groups in total. The molecule has 0 heterocycles. The molecule has 1 aromatic carbocycles. The van der Waals surface area contributed by atoms with Gasteiger partial charge in [-0.3, -0.25) is 4.57 Å². The molecule has 17 heavy (non-hydrogen) atoms. The van der Waals surface area contributed by atoms with Gasteiger partial charge in [0.25, 0.3) is 0 Å². The van der Waals surface area contributed by atoms with Gasteiger partial charge in [-0.05, 0) is 31.5 Å². The van der Waals surface area contributed by atoms with Crippen LogP contribution in [0.4, 0.5) is 11.4 Å². The first-order valence-corrected chi connectivity index (χ1v) is 7.25. The van der Waals surface area contributed by atoms with Gasteiger partial charge in [0.1, 0.15) is 0 Å². The number of benzene rings is 1. The van der Waals surface area contributed by atoms with E-state index in [4.69, 9.17) is 20.5 Å². The van der Waals surface area contributed by atoms with E-state index in [1.807, 2.05) is 0 Å². The lowest BCUT2D eigenvalue weighted by Crippen LogP contribution is -2.01. The van der Waals surface area contributed by atoms with Gasteiger partial charge in [0.2, 0.25) is 0 Å². The van der Waals surface area contributed by atoms with Crippen molar-refractivity contribution in [2.75, 3.05) is 24.7 Å². The maximum absolute atomic E-state index is 12.3. The Morgan fingerprint density at radius 1 is 1.12 bits per heavy atom. The molecule has 0 saturated carbocycles. The van der Waals surface area contributed by atoms with Crippen LogP contribution in [0.25, 0.3) is 0 Å². The van der Waals surface area contributed by atoms with Crippen LogP contribution < -0.4 is 11.5 Å². The van der Waals surface area contributed by atoms with E-state index in [1.54, 1.807) is 32.0 Å². The summed E-state index contributed by atoms with van der Waals surface area (Å²) < 4.78 is 22.7. The van der Waals surface area contributed by atoms with Crippen molar-refractivity contribution in [1.29, 1.82) is 0 Å². The first kappa shape index (κ1) is 14.0. The Balaban J connectivity index is 2.86. The molecule has 5 nitrogen and oxygen atoms in total. The minimum atomic E-state index is -3.07. The van der Waals surface area contributed by atoms with E-state index in [0.29, 0.717) is 24.6 Å². The molecule has 96 valence electrons. The summed E-state index contributed by atoms with van der Waals surface area (Å²) in [5.74, 6) is 0. The van der Waals surface area contributed by atoms with Crippen LogP contribution >= 0.6 is 7.60 Å². The Morgan fingerprint density at radius 3 is 2.18 bits per heavy atom. The highest BCUT2D eigenvalue weighted by atomic mass is 31.2. The summed E-state index contributed by atoms with van der Waals surface area (Å²) in [6, 6.07) is 5.16. The van der Waals surface area contributed by atoms with Gasteiger partial charge in [0.15, 0.2) is 0 Å². The number of nitrogen functional groups attached to an aromatic ring is 2. The van der Waals surface area contributed by atoms with E-state index in [9.17, 15) is 4.57 Å². The fraction of sp³-hybridized carbons (Fsp3) is 0.455. The third-order valence-corrected chi connectivity index (χ3v) is 4.23. The lowest BCUT2D eigenvalue weighted by molar-refractivity contribution is 0.219. The third-order valence-electron chi connectivity index (χ3n) is 2.18.